The Kier molecular flexibility index (Phi) is 5.74. The number of hydrogen-bond donors (Lipinski definition) is 2. The molecular weight excluding hydrogens is 250 g/mol. The summed E-state index contributed by atoms with van der Waals surface area (Å²) in [6.45, 7) is 2.57. The van der Waals surface area contributed by atoms with Crippen LogP contribution in [0.3, 0.4) is 0 Å². The van der Waals surface area contributed by atoms with Crippen molar-refractivity contribution in [3.05, 3.63) is 33.9 Å². The highest BCUT2D eigenvalue weighted by Gasteiger charge is 2.16. The van der Waals surface area contributed by atoms with Crippen LogP contribution in [0.15, 0.2) is 18.2 Å². The van der Waals surface area contributed by atoms with Crippen LogP contribution in [0.25, 0.3) is 0 Å². The number of likely N-dealkylation sites (N-methyl/N-ethyl adjacent to an activating group) is 1. The first-order chi connectivity index (χ1) is 9.08. The van der Waals surface area contributed by atoms with Crippen molar-refractivity contribution < 1.29 is 14.5 Å². The van der Waals surface area contributed by atoms with Crippen LogP contribution < -0.4 is 15.4 Å². The standard InChI is InChI=1S/C12H17N3O4/c1-3-14-12(16)8-19-11-5-4-9(7-13-2)6-10(11)15(17)18/h4-6,13H,3,7-8H2,1-2H3,(H,14,16). The summed E-state index contributed by atoms with van der Waals surface area (Å²) in [5, 5.41) is 16.4. The molecule has 0 saturated heterocycles. The molecule has 0 aliphatic carbocycles. The van der Waals surface area contributed by atoms with Crippen LogP contribution in [-0.4, -0.2) is 31.0 Å². The van der Waals surface area contributed by atoms with Crippen molar-refractivity contribution in [2.75, 3.05) is 20.2 Å². The van der Waals surface area contributed by atoms with Crippen molar-refractivity contribution in [2.24, 2.45) is 0 Å². The molecule has 0 unspecified atom stereocenters. The second-order valence-electron chi connectivity index (χ2n) is 3.83. The summed E-state index contributed by atoms with van der Waals surface area (Å²) in [6.07, 6.45) is 0. The maximum atomic E-state index is 11.3. The number of carbonyl (C=O) groups excluding carboxylic acids is 1. The van der Waals surface area contributed by atoms with Crippen LogP contribution >= 0.6 is 0 Å². The van der Waals surface area contributed by atoms with Gasteiger partial charge in [-0.3, -0.25) is 14.9 Å². The molecule has 0 heterocycles. The SMILES string of the molecule is CCNC(=O)COc1ccc(CNC)cc1[N+](=O)[O-]. The van der Waals surface area contributed by atoms with E-state index in [4.69, 9.17) is 4.74 Å². The first-order valence-electron chi connectivity index (χ1n) is 5.90. The highest BCUT2D eigenvalue weighted by molar-refractivity contribution is 5.77. The molecule has 104 valence electrons. The minimum atomic E-state index is -0.522. The van der Waals surface area contributed by atoms with E-state index >= 15 is 0 Å². The quantitative estimate of drug-likeness (QED) is 0.563. The van der Waals surface area contributed by atoms with E-state index < -0.39 is 4.92 Å². The minimum Gasteiger partial charge on any atom is -0.477 e. The van der Waals surface area contributed by atoms with E-state index in [1.165, 1.54) is 12.1 Å². The summed E-state index contributed by atoms with van der Waals surface area (Å²) >= 11 is 0. The Hall–Kier alpha value is -2.15. The third-order valence-corrected chi connectivity index (χ3v) is 2.33. The zero-order valence-electron chi connectivity index (χ0n) is 10.9. The van der Waals surface area contributed by atoms with Gasteiger partial charge in [0.2, 0.25) is 0 Å². The van der Waals surface area contributed by atoms with Gasteiger partial charge in [0.15, 0.2) is 12.4 Å². The predicted octanol–water partition coefficient (Wildman–Crippen LogP) is 0.829. The number of hydrogen-bond acceptors (Lipinski definition) is 5. The first kappa shape index (κ1) is 14.9. The number of nitro groups is 1. The molecule has 0 radical (unpaired) electrons. The van der Waals surface area contributed by atoms with E-state index in [1.54, 1.807) is 20.0 Å². The lowest BCUT2D eigenvalue weighted by Gasteiger charge is -2.08. The molecule has 0 saturated carbocycles. The van der Waals surface area contributed by atoms with Crippen molar-refractivity contribution in [1.29, 1.82) is 0 Å². The molecule has 19 heavy (non-hydrogen) atoms. The molecule has 0 aliphatic heterocycles. The fraction of sp³-hybridized carbons (Fsp3) is 0.417. The van der Waals surface area contributed by atoms with Crippen LogP contribution in [0.5, 0.6) is 5.75 Å². The van der Waals surface area contributed by atoms with Gasteiger partial charge >= 0.3 is 5.69 Å². The van der Waals surface area contributed by atoms with Gasteiger partial charge in [0.25, 0.3) is 5.91 Å². The number of nitrogens with zero attached hydrogens (tertiary/aromatic N) is 1. The molecular formula is C12H17N3O4. The van der Waals surface area contributed by atoms with Gasteiger partial charge in [-0.1, -0.05) is 6.07 Å². The van der Waals surface area contributed by atoms with Crippen LogP contribution in [-0.2, 0) is 11.3 Å². The maximum Gasteiger partial charge on any atom is 0.311 e. The molecule has 0 atom stereocenters. The Balaban J connectivity index is 2.82. The predicted molar refractivity (Wildman–Crippen MR) is 70.0 cm³/mol. The van der Waals surface area contributed by atoms with Crippen molar-refractivity contribution >= 4 is 11.6 Å². The molecule has 2 N–H and O–H groups in total. The fourth-order valence-corrected chi connectivity index (χ4v) is 1.53. The number of carbonyl (C=O) groups is 1. The topological polar surface area (TPSA) is 93.5 Å². The third kappa shape index (κ3) is 4.55. The van der Waals surface area contributed by atoms with E-state index in [0.717, 1.165) is 5.56 Å². The Labute approximate surface area is 111 Å². The monoisotopic (exact) mass is 267 g/mol. The zero-order valence-corrected chi connectivity index (χ0v) is 10.9. The molecule has 0 bridgehead atoms. The average Bonchev–Trinajstić information content (AvgIpc) is 2.37. The molecule has 0 spiro atoms. The summed E-state index contributed by atoms with van der Waals surface area (Å²) in [5.41, 5.74) is 0.636. The van der Waals surface area contributed by atoms with Gasteiger partial charge in [-0.15, -0.1) is 0 Å². The van der Waals surface area contributed by atoms with Gasteiger partial charge in [-0.25, -0.2) is 0 Å². The number of amides is 1. The van der Waals surface area contributed by atoms with Gasteiger partial charge < -0.3 is 15.4 Å². The van der Waals surface area contributed by atoms with Crippen molar-refractivity contribution in [1.82, 2.24) is 10.6 Å². The first-order valence-corrected chi connectivity index (χ1v) is 5.90. The largest absolute Gasteiger partial charge is 0.477 e. The number of nitrogens with one attached hydrogen (secondary N) is 2. The molecule has 1 aromatic rings. The molecule has 0 aliphatic rings. The molecule has 1 amide bonds. The number of benzene rings is 1. The van der Waals surface area contributed by atoms with E-state index in [0.29, 0.717) is 13.1 Å². The van der Waals surface area contributed by atoms with Gasteiger partial charge in [0, 0.05) is 19.2 Å². The van der Waals surface area contributed by atoms with Crippen molar-refractivity contribution in [2.45, 2.75) is 13.5 Å². The van der Waals surface area contributed by atoms with Crippen molar-refractivity contribution in [3.8, 4) is 5.75 Å². The summed E-state index contributed by atoms with van der Waals surface area (Å²) in [5.74, 6) is -0.216. The van der Waals surface area contributed by atoms with E-state index in [9.17, 15) is 14.9 Å². The number of rotatable bonds is 7. The average molecular weight is 267 g/mol. The van der Waals surface area contributed by atoms with Gasteiger partial charge in [-0.2, -0.15) is 0 Å². The molecule has 1 rings (SSSR count). The summed E-state index contributed by atoms with van der Waals surface area (Å²) in [7, 11) is 1.76. The highest BCUT2D eigenvalue weighted by atomic mass is 16.6. The zero-order chi connectivity index (χ0) is 14.3. The fourth-order valence-electron chi connectivity index (χ4n) is 1.53. The number of nitro benzene ring substituents is 1. The normalized spacial score (nSPS) is 10.0. The maximum absolute atomic E-state index is 11.3. The van der Waals surface area contributed by atoms with Crippen LogP contribution in [0, 0.1) is 10.1 Å². The van der Waals surface area contributed by atoms with Gasteiger partial charge in [0.1, 0.15) is 0 Å². The summed E-state index contributed by atoms with van der Waals surface area (Å²) < 4.78 is 5.17. The van der Waals surface area contributed by atoms with Crippen LogP contribution in [0.4, 0.5) is 5.69 Å². The van der Waals surface area contributed by atoms with Crippen LogP contribution in [0.2, 0.25) is 0 Å². The van der Waals surface area contributed by atoms with E-state index in [-0.39, 0.29) is 24.0 Å². The van der Waals surface area contributed by atoms with E-state index in [1.807, 2.05) is 0 Å². The molecule has 0 aromatic heterocycles. The Morgan fingerprint density at radius 1 is 1.47 bits per heavy atom. The summed E-state index contributed by atoms with van der Waals surface area (Å²) in [6, 6.07) is 4.66. The lowest BCUT2D eigenvalue weighted by atomic mass is 10.2. The molecule has 7 nitrogen and oxygen atoms in total. The molecule has 1 aromatic carbocycles. The second kappa shape index (κ2) is 7.32. The smallest absolute Gasteiger partial charge is 0.311 e. The lowest BCUT2D eigenvalue weighted by Crippen LogP contribution is -2.28. The molecule has 7 heteroatoms. The third-order valence-electron chi connectivity index (χ3n) is 2.33. The Bertz CT molecular complexity index is 462. The van der Waals surface area contributed by atoms with E-state index in [2.05, 4.69) is 10.6 Å². The van der Waals surface area contributed by atoms with Gasteiger partial charge in [-0.05, 0) is 25.6 Å². The Morgan fingerprint density at radius 3 is 2.79 bits per heavy atom. The van der Waals surface area contributed by atoms with Gasteiger partial charge in [0.05, 0.1) is 4.92 Å². The van der Waals surface area contributed by atoms with Crippen LogP contribution in [0.1, 0.15) is 12.5 Å². The summed E-state index contributed by atoms with van der Waals surface area (Å²) in [4.78, 5) is 21.7. The number of ether oxygens (including phenoxy) is 1. The minimum absolute atomic E-state index is 0.0936. The van der Waals surface area contributed by atoms with Crippen molar-refractivity contribution in [3.63, 3.8) is 0 Å². The molecule has 0 fully saturated rings. The lowest BCUT2D eigenvalue weighted by molar-refractivity contribution is -0.385. The highest BCUT2D eigenvalue weighted by Crippen LogP contribution is 2.27. The Morgan fingerprint density at radius 2 is 2.21 bits per heavy atom. The second-order valence-corrected chi connectivity index (χ2v) is 3.83.